The number of aromatic nitrogens is 1. The van der Waals surface area contributed by atoms with Crippen LogP contribution in [0.4, 0.5) is 8.78 Å². The topological polar surface area (TPSA) is 68.5 Å². The van der Waals surface area contributed by atoms with Gasteiger partial charge in [-0.25, -0.2) is 8.78 Å². The number of fused-ring (bicyclic) bond motifs is 1. The van der Waals surface area contributed by atoms with E-state index < -0.39 is 29.3 Å². The van der Waals surface area contributed by atoms with Crippen LogP contribution in [-0.2, 0) is 16.0 Å². The molecule has 1 heterocycles. The van der Waals surface area contributed by atoms with Gasteiger partial charge in [0, 0.05) is 16.6 Å². The molecule has 0 bridgehead atoms. The lowest BCUT2D eigenvalue weighted by atomic mass is 10.1. The number of halogens is 2. The van der Waals surface area contributed by atoms with Gasteiger partial charge in [-0.15, -0.1) is 0 Å². The molecule has 3 rings (SSSR count). The van der Waals surface area contributed by atoms with Gasteiger partial charge in [-0.05, 0) is 49.2 Å². The fourth-order valence-corrected chi connectivity index (χ4v) is 3.28. The summed E-state index contributed by atoms with van der Waals surface area (Å²) < 4.78 is 34.7. The molecule has 0 aliphatic carbocycles. The molecule has 0 atom stereocenters. The second-order valence-corrected chi connectivity index (χ2v) is 6.76. The van der Waals surface area contributed by atoms with Crippen LogP contribution in [-0.4, -0.2) is 28.2 Å². The molecule has 7 heteroatoms. The van der Waals surface area contributed by atoms with E-state index in [2.05, 4.69) is 0 Å². The number of carbonyl (C=O) groups is 2. The van der Waals surface area contributed by atoms with Crippen molar-refractivity contribution in [2.45, 2.75) is 33.1 Å². The van der Waals surface area contributed by atoms with Gasteiger partial charge < -0.3 is 9.84 Å². The highest BCUT2D eigenvalue weighted by Gasteiger charge is 2.25. The van der Waals surface area contributed by atoms with Gasteiger partial charge in [-0.3, -0.25) is 14.2 Å². The Balaban J connectivity index is 2.12. The molecular weight excluding hydrogens is 380 g/mol. The number of phenols is 1. The van der Waals surface area contributed by atoms with Crippen LogP contribution in [0.15, 0.2) is 36.4 Å². The van der Waals surface area contributed by atoms with E-state index in [0.717, 1.165) is 18.6 Å². The third kappa shape index (κ3) is 3.99. The number of unbranched alkanes of at least 4 members (excludes halogenated alkanes) is 1. The number of aromatic hydroxyl groups is 1. The zero-order chi connectivity index (χ0) is 21.1. The van der Waals surface area contributed by atoms with Crippen molar-refractivity contribution in [1.29, 1.82) is 0 Å². The van der Waals surface area contributed by atoms with E-state index in [4.69, 9.17) is 4.74 Å². The Morgan fingerprint density at radius 3 is 2.62 bits per heavy atom. The summed E-state index contributed by atoms with van der Waals surface area (Å²) in [6.07, 6.45) is 1.31. The molecule has 2 aromatic carbocycles. The number of rotatable bonds is 6. The van der Waals surface area contributed by atoms with Crippen LogP contribution >= 0.6 is 0 Å². The Hall–Kier alpha value is -3.22. The third-order valence-electron chi connectivity index (χ3n) is 4.77. The van der Waals surface area contributed by atoms with Crippen molar-refractivity contribution < 1.29 is 28.2 Å². The number of esters is 1. The molecule has 0 unspecified atom stereocenters. The highest BCUT2D eigenvalue weighted by atomic mass is 19.1. The maximum Gasteiger partial charge on any atom is 0.310 e. The Morgan fingerprint density at radius 1 is 1.17 bits per heavy atom. The fraction of sp³-hybridized carbons (Fsp3) is 0.273. The zero-order valence-electron chi connectivity index (χ0n) is 16.2. The number of hydrogen-bond acceptors (Lipinski definition) is 4. The highest BCUT2D eigenvalue weighted by Crippen LogP contribution is 2.33. The molecule has 0 fully saturated rings. The van der Waals surface area contributed by atoms with Crippen molar-refractivity contribution in [3.63, 3.8) is 0 Å². The van der Waals surface area contributed by atoms with Gasteiger partial charge in [-0.2, -0.15) is 0 Å². The summed E-state index contributed by atoms with van der Waals surface area (Å²) in [5.74, 6) is -3.21. The maximum absolute atomic E-state index is 14.8. The van der Waals surface area contributed by atoms with E-state index in [0.29, 0.717) is 12.1 Å². The first-order valence-corrected chi connectivity index (χ1v) is 9.32. The van der Waals surface area contributed by atoms with Crippen LogP contribution in [0, 0.1) is 18.6 Å². The van der Waals surface area contributed by atoms with Gasteiger partial charge >= 0.3 is 5.97 Å². The normalized spacial score (nSPS) is 11.0. The monoisotopic (exact) mass is 401 g/mol. The van der Waals surface area contributed by atoms with Crippen LogP contribution in [0.3, 0.4) is 0 Å². The Bertz CT molecular complexity index is 1090. The molecule has 1 N–H and O–H groups in total. The molecule has 152 valence electrons. The zero-order valence-corrected chi connectivity index (χ0v) is 16.2. The molecule has 29 heavy (non-hydrogen) atoms. The van der Waals surface area contributed by atoms with Gasteiger partial charge in [0.05, 0.1) is 18.5 Å². The summed E-state index contributed by atoms with van der Waals surface area (Å²) in [6, 6.07) is 7.68. The largest absolute Gasteiger partial charge is 0.505 e. The molecule has 0 aliphatic heterocycles. The molecule has 3 aromatic rings. The van der Waals surface area contributed by atoms with Crippen LogP contribution in [0.5, 0.6) is 5.75 Å². The minimum atomic E-state index is -0.923. The van der Waals surface area contributed by atoms with Crippen molar-refractivity contribution in [3.05, 3.63) is 64.9 Å². The van der Waals surface area contributed by atoms with Crippen molar-refractivity contribution in [3.8, 4) is 5.75 Å². The number of benzene rings is 2. The molecule has 0 spiro atoms. The molecule has 0 radical (unpaired) electrons. The van der Waals surface area contributed by atoms with Gasteiger partial charge in [0.15, 0.2) is 11.6 Å². The minimum absolute atomic E-state index is 0.0281. The number of nitrogens with zero attached hydrogens (tertiary/aromatic N) is 1. The predicted octanol–water partition coefficient (Wildman–Crippen LogP) is 4.51. The Morgan fingerprint density at radius 2 is 1.93 bits per heavy atom. The Kier molecular flexibility index (Phi) is 5.96. The summed E-state index contributed by atoms with van der Waals surface area (Å²) in [7, 11) is 0. The first-order chi connectivity index (χ1) is 13.8. The van der Waals surface area contributed by atoms with E-state index in [1.807, 2.05) is 6.92 Å². The fourth-order valence-electron chi connectivity index (χ4n) is 3.28. The molecule has 0 saturated carbocycles. The van der Waals surface area contributed by atoms with Crippen LogP contribution in [0.25, 0.3) is 10.9 Å². The third-order valence-corrected chi connectivity index (χ3v) is 4.77. The SMILES string of the molecule is CCCCOC(=O)Cc1c(C)n(C(=O)c2cccc(F)c2)c2ccc(O)c(F)c12. The van der Waals surface area contributed by atoms with Crippen LogP contribution < -0.4 is 0 Å². The molecule has 5 nitrogen and oxygen atoms in total. The van der Waals surface area contributed by atoms with Crippen LogP contribution in [0.2, 0.25) is 0 Å². The summed E-state index contributed by atoms with van der Waals surface area (Å²) in [6.45, 7) is 3.78. The molecule has 0 amide bonds. The number of phenolic OH excluding ortho intramolecular Hbond substituents is 1. The van der Waals surface area contributed by atoms with E-state index in [1.54, 1.807) is 6.92 Å². The minimum Gasteiger partial charge on any atom is -0.505 e. The average Bonchev–Trinajstić information content (AvgIpc) is 2.96. The summed E-state index contributed by atoms with van der Waals surface area (Å²) in [5.41, 5.74) is 0.838. The second kappa shape index (κ2) is 8.43. The molecular formula is C22H21F2NO4. The van der Waals surface area contributed by atoms with E-state index in [9.17, 15) is 23.5 Å². The van der Waals surface area contributed by atoms with Gasteiger partial charge in [0.2, 0.25) is 0 Å². The van der Waals surface area contributed by atoms with Crippen molar-refractivity contribution in [2.24, 2.45) is 0 Å². The molecule has 1 aromatic heterocycles. The van der Waals surface area contributed by atoms with Crippen molar-refractivity contribution in [1.82, 2.24) is 4.57 Å². The maximum atomic E-state index is 14.8. The summed E-state index contributed by atoms with van der Waals surface area (Å²) in [5, 5.41) is 9.78. The second-order valence-electron chi connectivity index (χ2n) is 6.76. The predicted molar refractivity (Wildman–Crippen MR) is 104 cm³/mol. The Labute approximate surface area is 166 Å². The standard InChI is InChI=1S/C22H21F2NO4/c1-3-4-10-29-19(27)12-16-13(2)25(17-8-9-18(26)21(24)20(16)17)22(28)14-6-5-7-15(23)11-14/h5-9,11,26H,3-4,10,12H2,1-2H3. The number of hydrogen-bond donors (Lipinski definition) is 1. The van der Waals surface area contributed by atoms with Gasteiger partial charge in [-0.1, -0.05) is 19.4 Å². The average molecular weight is 401 g/mol. The first kappa shape index (κ1) is 20.5. The van der Waals surface area contributed by atoms with Gasteiger partial charge in [0.25, 0.3) is 5.91 Å². The van der Waals surface area contributed by atoms with Gasteiger partial charge in [0.1, 0.15) is 5.82 Å². The van der Waals surface area contributed by atoms with Crippen LogP contribution in [0.1, 0.15) is 41.4 Å². The number of carbonyl (C=O) groups excluding carboxylic acids is 2. The lowest BCUT2D eigenvalue weighted by Gasteiger charge is -2.08. The van der Waals surface area contributed by atoms with E-state index in [1.165, 1.54) is 28.8 Å². The molecule has 0 saturated heterocycles. The first-order valence-electron chi connectivity index (χ1n) is 9.32. The summed E-state index contributed by atoms with van der Waals surface area (Å²) in [4.78, 5) is 25.3. The lowest BCUT2D eigenvalue weighted by Crippen LogP contribution is -2.15. The number of ether oxygens (including phenoxy) is 1. The van der Waals surface area contributed by atoms with Crippen molar-refractivity contribution in [2.75, 3.05) is 6.61 Å². The smallest absolute Gasteiger partial charge is 0.310 e. The van der Waals surface area contributed by atoms with E-state index in [-0.39, 0.29) is 35.1 Å². The quantitative estimate of drug-likeness (QED) is 0.488. The molecule has 0 aliphatic rings. The lowest BCUT2D eigenvalue weighted by molar-refractivity contribution is -0.142. The van der Waals surface area contributed by atoms with E-state index >= 15 is 0 Å². The highest BCUT2D eigenvalue weighted by molar-refractivity contribution is 6.05. The summed E-state index contributed by atoms with van der Waals surface area (Å²) >= 11 is 0. The van der Waals surface area contributed by atoms with Crippen molar-refractivity contribution >= 4 is 22.8 Å².